The quantitative estimate of drug-likeness (QED) is 0.647. The van der Waals surface area contributed by atoms with E-state index in [1.54, 1.807) is 6.07 Å². The molecule has 1 aliphatic carbocycles. The van der Waals surface area contributed by atoms with Crippen molar-refractivity contribution < 1.29 is 9.31 Å². The minimum atomic E-state index is -0.559. The van der Waals surface area contributed by atoms with E-state index in [1.165, 1.54) is 18.9 Å². The number of nitro groups is 1. The van der Waals surface area contributed by atoms with Crippen LogP contribution in [-0.4, -0.2) is 30.6 Å². The van der Waals surface area contributed by atoms with Crippen molar-refractivity contribution in [1.29, 1.82) is 0 Å². The zero-order valence-corrected chi connectivity index (χ0v) is 11.9. The molecular formula is C15H20FN3O2. The van der Waals surface area contributed by atoms with Gasteiger partial charge in [0.1, 0.15) is 0 Å². The SMILES string of the molecule is O=[N+]([O-])c1ccc(N(CC2CC2)CC2CCCN2)c(F)c1. The molecule has 1 heterocycles. The van der Waals surface area contributed by atoms with Gasteiger partial charge in [0.05, 0.1) is 16.7 Å². The molecule has 0 bridgehead atoms. The monoisotopic (exact) mass is 293 g/mol. The minimum absolute atomic E-state index is 0.193. The molecule has 1 aromatic carbocycles. The van der Waals surface area contributed by atoms with Crippen LogP contribution in [-0.2, 0) is 0 Å². The Morgan fingerprint density at radius 3 is 2.71 bits per heavy atom. The Hall–Kier alpha value is -1.69. The summed E-state index contributed by atoms with van der Waals surface area (Å²) in [4.78, 5) is 12.2. The maximum Gasteiger partial charge on any atom is 0.272 e. The fourth-order valence-electron chi connectivity index (χ4n) is 2.93. The molecule has 1 aromatic rings. The Bertz CT molecular complexity index is 528. The predicted molar refractivity (Wildman–Crippen MR) is 79.0 cm³/mol. The topological polar surface area (TPSA) is 58.4 Å². The lowest BCUT2D eigenvalue weighted by Gasteiger charge is -2.28. The van der Waals surface area contributed by atoms with Gasteiger partial charge in [-0.3, -0.25) is 10.1 Å². The highest BCUT2D eigenvalue weighted by atomic mass is 19.1. The maximum atomic E-state index is 14.2. The summed E-state index contributed by atoms with van der Waals surface area (Å²) in [5.41, 5.74) is 0.294. The fraction of sp³-hybridized carbons (Fsp3) is 0.600. The summed E-state index contributed by atoms with van der Waals surface area (Å²) in [6.07, 6.45) is 4.66. The third kappa shape index (κ3) is 3.50. The van der Waals surface area contributed by atoms with E-state index < -0.39 is 10.7 Å². The van der Waals surface area contributed by atoms with Crippen molar-refractivity contribution in [2.75, 3.05) is 24.5 Å². The molecule has 1 saturated heterocycles. The predicted octanol–water partition coefficient (Wildman–Crippen LogP) is 2.70. The molecule has 1 atom stereocenters. The van der Waals surface area contributed by atoms with Gasteiger partial charge in [-0.1, -0.05) is 0 Å². The van der Waals surface area contributed by atoms with Gasteiger partial charge >= 0.3 is 0 Å². The van der Waals surface area contributed by atoms with E-state index in [0.717, 1.165) is 38.5 Å². The summed E-state index contributed by atoms with van der Waals surface area (Å²) < 4.78 is 14.2. The molecule has 0 aromatic heterocycles. The van der Waals surface area contributed by atoms with Crippen molar-refractivity contribution in [2.45, 2.75) is 31.7 Å². The molecule has 1 N–H and O–H groups in total. The van der Waals surface area contributed by atoms with Crippen molar-refractivity contribution in [1.82, 2.24) is 5.32 Å². The molecule has 0 radical (unpaired) electrons. The Kier molecular flexibility index (Phi) is 4.05. The van der Waals surface area contributed by atoms with E-state index in [1.807, 2.05) is 0 Å². The van der Waals surface area contributed by atoms with Gasteiger partial charge in [0.2, 0.25) is 0 Å². The normalized spacial score (nSPS) is 21.5. The zero-order chi connectivity index (χ0) is 14.8. The molecule has 0 amide bonds. The molecule has 0 spiro atoms. The van der Waals surface area contributed by atoms with Gasteiger partial charge < -0.3 is 10.2 Å². The van der Waals surface area contributed by atoms with E-state index in [4.69, 9.17) is 0 Å². The summed E-state index contributed by atoms with van der Waals surface area (Å²) in [5.74, 6) is 0.142. The van der Waals surface area contributed by atoms with Crippen LogP contribution in [0.5, 0.6) is 0 Å². The first kappa shape index (κ1) is 14.3. The van der Waals surface area contributed by atoms with Gasteiger partial charge in [-0.05, 0) is 44.2 Å². The van der Waals surface area contributed by atoms with Gasteiger partial charge in [0, 0.05) is 25.2 Å². The van der Waals surface area contributed by atoms with Crippen LogP contribution in [0.25, 0.3) is 0 Å². The molecule has 2 fully saturated rings. The van der Waals surface area contributed by atoms with E-state index in [0.29, 0.717) is 17.6 Å². The molecule has 5 nitrogen and oxygen atoms in total. The molecule has 114 valence electrons. The molecule has 1 aliphatic heterocycles. The standard InChI is InChI=1S/C15H20FN3O2/c16-14-8-13(19(20)21)5-6-15(14)18(9-11-3-4-11)10-12-2-1-7-17-12/h5-6,8,11-12,17H,1-4,7,9-10H2. The molecule has 21 heavy (non-hydrogen) atoms. The first-order chi connectivity index (χ1) is 10.1. The van der Waals surface area contributed by atoms with E-state index in [9.17, 15) is 14.5 Å². The van der Waals surface area contributed by atoms with Crippen molar-refractivity contribution in [3.05, 3.63) is 34.1 Å². The number of nitrogens with one attached hydrogen (secondary N) is 1. The number of rotatable bonds is 6. The van der Waals surface area contributed by atoms with Gasteiger partial charge in [0.25, 0.3) is 5.69 Å². The Balaban J connectivity index is 1.78. The number of benzene rings is 1. The molecule has 2 aliphatic rings. The lowest BCUT2D eigenvalue weighted by molar-refractivity contribution is -0.385. The van der Waals surface area contributed by atoms with Gasteiger partial charge in [0.15, 0.2) is 5.82 Å². The average Bonchev–Trinajstić information content (AvgIpc) is 3.11. The van der Waals surface area contributed by atoms with Crippen molar-refractivity contribution in [3.8, 4) is 0 Å². The Morgan fingerprint density at radius 1 is 1.33 bits per heavy atom. The smallest absolute Gasteiger partial charge is 0.272 e. The number of hydrogen-bond donors (Lipinski definition) is 1. The third-order valence-electron chi connectivity index (χ3n) is 4.26. The molecule has 6 heteroatoms. The van der Waals surface area contributed by atoms with Crippen LogP contribution in [0.15, 0.2) is 18.2 Å². The van der Waals surface area contributed by atoms with Crippen LogP contribution >= 0.6 is 0 Å². The minimum Gasteiger partial charge on any atom is -0.367 e. The first-order valence-corrected chi connectivity index (χ1v) is 7.56. The molecule has 1 saturated carbocycles. The van der Waals surface area contributed by atoms with Crippen molar-refractivity contribution in [2.24, 2.45) is 5.92 Å². The first-order valence-electron chi connectivity index (χ1n) is 7.56. The number of anilines is 1. The van der Waals surface area contributed by atoms with Gasteiger partial charge in [-0.15, -0.1) is 0 Å². The summed E-state index contributed by atoms with van der Waals surface area (Å²) >= 11 is 0. The lowest BCUT2D eigenvalue weighted by atomic mass is 10.1. The number of nitro benzene ring substituents is 1. The van der Waals surface area contributed by atoms with Crippen molar-refractivity contribution >= 4 is 11.4 Å². The summed E-state index contributed by atoms with van der Waals surface area (Å²) in [7, 11) is 0. The Labute approximate surface area is 123 Å². The molecule has 1 unspecified atom stereocenters. The van der Waals surface area contributed by atoms with Crippen LogP contribution < -0.4 is 10.2 Å². The Morgan fingerprint density at radius 2 is 2.14 bits per heavy atom. The lowest BCUT2D eigenvalue weighted by Crippen LogP contribution is -2.39. The zero-order valence-electron chi connectivity index (χ0n) is 11.9. The highest BCUT2D eigenvalue weighted by molar-refractivity contribution is 5.52. The van der Waals surface area contributed by atoms with E-state index in [-0.39, 0.29) is 5.69 Å². The number of hydrogen-bond acceptors (Lipinski definition) is 4. The van der Waals surface area contributed by atoms with Crippen LogP contribution in [0, 0.1) is 21.8 Å². The fourth-order valence-corrected chi connectivity index (χ4v) is 2.93. The van der Waals surface area contributed by atoms with Gasteiger partial charge in [-0.25, -0.2) is 4.39 Å². The number of non-ortho nitro benzene ring substituents is 1. The maximum absolute atomic E-state index is 14.2. The highest BCUT2D eigenvalue weighted by Gasteiger charge is 2.28. The second kappa shape index (κ2) is 5.97. The summed E-state index contributed by atoms with van der Waals surface area (Å²) in [5, 5.41) is 14.1. The van der Waals surface area contributed by atoms with Crippen LogP contribution in [0.1, 0.15) is 25.7 Å². The summed E-state index contributed by atoms with van der Waals surface area (Å²) in [6, 6.07) is 4.35. The van der Waals surface area contributed by atoms with Crippen molar-refractivity contribution in [3.63, 3.8) is 0 Å². The number of halogens is 1. The van der Waals surface area contributed by atoms with Crippen LogP contribution in [0.2, 0.25) is 0 Å². The molecule has 3 rings (SSSR count). The van der Waals surface area contributed by atoms with E-state index in [2.05, 4.69) is 10.2 Å². The van der Waals surface area contributed by atoms with Crippen LogP contribution in [0.3, 0.4) is 0 Å². The summed E-state index contributed by atoms with van der Waals surface area (Å²) in [6.45, 7) is 2.63. The average molecular weight is 293 g/mol. The second-order valence-corrected chi connectivity index (χ2v) is 6.03. The van der Waals surface area contributed by atoms with E-state index >= 15 is 0 Å². The largest absolute Gasteiger partial charge is 0.367 e. The van der Waals surface area contributed by atoms with Crippen LogP contribution in [0.4, 0.5) is 15.8 Å². The second-order valence-electron chi connectivity index (χ2n) is 6.03. The van der Waals surface area contributed by atoms with Gasteiger partial charge in [-0.2, -0.15) is 0 Å². The number of nitrogens with zero attached hydrogens (tertiary/aromatic N) is 2. The third-order valence-corrected chi connectivity index (χ3v) is 4.26. The molecular weight excluding hydrogens is 273 g/mol. The highest BCUT2D eigenvalue weighted by Crippen LogP contribution is 2.33.